The van der Waals surface area contributed by atoms with Gasteiger partial charge in [0.15, 0.2) is 6.34 Å². The van der Waals surface area contributed by atoms with E-state index in [4.69, 9.17) is 0 Å². The third-order valence-electron chi connectivity index (χ3n) is 0.849. The average molecular weight is 98.1 g/mol. The van der Waals surface area contributed by atoms with Gasteiger partial charge in [-0.1, -0.05) is 0 Å². The molecule has 0 aliphatic carbocycles. The second-order valence-electron chi connectivity index (χ2n) is 1.45. The van der Waals surface area contributed by atoms with Crippen LogP contribution in [-0.4, -0.2) is 6.34 Å². The van der Waals surface area contributed by atoms with E-state index in [0.29, 0.717) is 0 Å². The fraction of sp³-hybridized carbons (Fsp3) is 0.250. The minimum Gasteiger partial charge on any atom is -0.623 e. The molecule has 0 fully saturated rings. The molecule has 0 aromatic carbocycles. The summed E-state index contributed by atoms with van der Waals surface area (Å²) in [6.07, 6.45) is 2.87. The number of allylic oxidation sites excluding steroid dienone is 1. The van der Waals surface area contributed by atoms with Crippen LogP contribution in [0.2, 0.25) is 0 Å². The molecule has 0 radical (unpaired) electrons. The minimum atomic E-state index is 0.0278. The van der Waals surface area contributed by atoms with Gasteiger partial charge in [0.2, 0.25) is 0 Å². The fourth-order valence-electron chi connectivity index (χ4n) is 0.382. The van der Waals surface area contributed by atoms with Crippen molar-refractivity contribution in [3.05, 3.63) is 17.1 Å². The Morgan fingerprint density at radius 1 is 1.86 bits per heavy atom. The van der Waals surface area contributed by atoms with E-state index in [1.807, 2.05) is 0 Å². The van der Waals surface area contributed by atoms with Crippen molar-refractivity contribution >= 4 is 6.34 Å². The minimum absolute atomic E-state index is 0.0278. The molecule has 38 valence electrons. The lowest BCUT2D eigenvalue weighted by Gasteiger charge is -2.09. The van der Waals surface area contributed by atoms with E-state index >= 15 is 0 Å². The lowest BCUT2D eigenvalue weighted by atomic mass is 10.6. The maximum atomic E-state index is 10.4. The van der Waals surface area contributed by atoms with Gasteiger partial charge in [-0.25, -0.2) is 4.99 Å². The van der Waals surface area contributed by atoms with Crippen molar-refractivity contribution in [2.75, 3.05) is 0 Å². The molecule has 1 rings (SSSR count). The van der Waals surface area contributed by atoms with Crippen molar-refractivity contribution in [1.29, 1.82) is 0 Å². The predicted molar refractivity (Wildman–Crippen MR) is 26.6 cm³/mol. The van der Waals surface area contributed by atoms with Crippen molar-refractivity contribution in [2.24, 2.45) is 4.99 Å². The van der Waals surface area contributed by atoms with Gasteiger partial charge in [-0.05, 0) is 0 Å². The molecule has 1 atom stereocenters. The number of rotatable bonds is 0. The Morgan fingerprint density at radius 3 is 2.71 bits per heavy atom. The SMILES string of the molecule is CC1=CN=C[NH+]1[O-]. The monoisotopic (exact) mass is 98.0 g/mol. The first kappa shape index (κ1) is 4.49. The summed E-state index contributed by atoms with van der Waals surface area (Å²) in [5, 5.41) is 10.4. The summed E-state index contributed by atoms with van der Waals surface area (Å²) in [4.78, 5) is 3.61. The van der Waals surface area contributed by atoms with E-state index in [9.17, 15) is 5.21 Å². The number of hydrogen-bond acceptors (Lipinski definition) is 2. The summed E-state index contributed by atoms with van der Waals surface area (Å²) in [7, 11) is 0. The lowest BCUT2D eigenvalue weighted by Crippen LogP contribution is -3.02. The predicted octanol–water partition coefficient (Wildman–Crippen LogP) is -0.728. The number of aliphatic imine (C=N–C) groups is 1. The zero-order valence-corrected chi connectivity index (χ0v) is 4.01. The molecule has 0 spiro atoms. The van der Waals surface area contributed by atoms with Crippen LogP contribution in [0.15, 0.2) is 16.9 Å². The highest BCUT2D eigenvalue weighted by atomic mass is 16.5. The number of hydrogen-bond donors (Lipinski definition) is 1. The van der Waals surface area contributed by atoms with E-state index in [-0.39, 0.29) is 5.06 Å². The number of quaternary nitrogens is 1. The molecule has 0 saturated carbocycles. The summed E-state index contributed by atoms with van der Waals surface area (Å²) in [5.41, 5.74) is 0.722. The Balaban J connectivity index is 2.69. The van der Waals surface area contributed by atoms with Gasteiger partial charge in [0.25, 0.3) is 0 Å². The molecular weight excluding hydrogens is 92.1 g/mol. The first-order valence-corrected chi connectivity index (χ1v) is 2.05. The molecule has 0 aromatic rings. The van der Waals surface area contributed by atoms with E-state index in [0.717, 1.165) is 5.70 Å². The van der Waals surface area contributed by atoms with E-state index < -0.39 is 0 Å². The van der Waals surface area contributed by atoms with Crippen molar-refractivity contribution < 1.29 is 5.06 Å². The Morgan fingerprint density at radius 2 is 2.57 bits per heavy atom. The van der Waals surface area contributed by atoms with Crippen molar-refractivity contribution in [1.82, 2.24) is 0 Å². The second kappa shape index (κ2) is 1.44. The summed E-state index contributed by atoms with van der Waals surface area (Å²) in [5.74, 6) is 0. The lowest BCUT2D eigenvalue weighted by molar-refractivity contribution is -0.689. The molecule has 7 heavy (non-hydrogen) atoms. The van der Waals surface area contributed by atoms with Crippen molar-refractivity contribution in [2.45, 2.75) is 6.92 Å². The van der Waals surface area contributed by atoms with Crippen molar-refractivity contribution in [3.8, 4) is 0 Å². The molecule has 0 aromatic heterocycles. The maximum Gasteiger partial charge on any atom is 0.193 e. The van der Waals surface area contributed by atoms with Gasteiger partial charge in [0.1, 0.15) is 5.70 Å². The fourth-order valence-corrected chi connectivity index (χ4v) is 0.382. The average Bonchev–Trinajstić information content (AvgIpc) is 1.91. The molecular formula is C4H6N2O. The van der Waals surface area contributed by atoms with Crippen LogP contribution in [0.1, 0.15) is 6.92 Å². The molecule has 1 aliphatic rings. The van der Waals surface area contributed by atoms with Crippen LogP contribution in [0.4, 0.5) is 0 Å². The molecule has 0 bridgehead atoms. The smallest absolute Gasteiger partial charge is 0.193 e. The maximum absolute atomic E-state index is 10.4. The van der Waals surface area contributed by atoms with Crippen LogP contribution in [0.5, 0.6) is 0 Å². The first-order chi connectivity index (χ1) is 3.30. The highest BCUT2D eigenvalue weighted by Gasteiger charge is 1.99. The van der Waals surface area contributed by atoms with Crippen LogP contribution in [-0.2, 0) is 0 Å². The zero-order chi connectivity index (χ0) is 5.28. The number of nitrogens with one attached hydrogen (secondary N) is 1. The van der Waals surface area contributed by atoms with Crippen LogP contribution in [0.25, 0.3) is 0 Å². The van der Waals surface area contributed by atoms with Crippen LogP contribution in [0, 0.1) is 5.21 Å². The number of hydroxylamine groups is 2. The quantitative estimate of drug-likeness (QED) is 0.399. The summed E-state index contributed by atoms with van der Waals surface area (Å²) >= 11 is 0. The standard InChI is InChI=1S/C4H6N2O/c1-4-2-5-3-6(4)7/h2-3,6H,1H3. The van der Waals surface area contributed by atoms with Crippen molar-refractivity contribution in [3.63, 3.8) is 0 Å². The largest absolute Gasteiger partial charge is 0.623 e. The normalized spacial score (nSPS) is 28.3. The van der Waals surface area contributed by atoms with E-state index in [1.165, 1.54) is 6.34 Å². The topological polar surface area (TPSA) is 39.9 Å². The van der Waals surface area contributed by atoms with E-state index in [2.05, 4.69) is 4.99 Å². The molecule has 1 aliphatic heterocycles. The second-order valence-corrected chi connectivity index (χ2v) is 1.45. The van der Waals surface area contributed by atoms with Gasteiger partial charge >= 0.3 is 0 Å². The van der Waals surface area contributed by atoms with Gasteiger partial charge in [-0.2, -0.15) is 0 Å². The van der Waals surface area contributed by atoms with Gasteiger partial charge in [-0.15, -0.1) is 0 Å². The molecule has 0 saturated heterocycles. The third kappa shape index (κ3) is 0.679. The van der Waals surface area contributed by atoms with Crippen LogP contribution < -0.4 is 5.06 Å². The summed E-state index contributed by atoms with van der Waals surface area (Å²) in [6, 6.07) is 0. The third-order valence-corrected chi connectivity index (χ3v) is 0.849. The molecule has 1 unspecified atom stereocenters. The Labute approximate surface area is 41.5 Å². The highest BCUT2D eigenvalue weighted by molar-refractivity contribution is 5.48. The highest BCUT2D eigenvalue weighted by Crippen LogP contribution is 1.82. The molecule has 3 heteroatoms. The molecule has 1 heterocycles. The first-order valence-electron chi connectivity index (χ1n) is 2.05. The number of nitrogens with zero attached hydrogens (tertiary/aromatic N) is 1. The molecule has 3 nitrogen and oxygen atoms in total. The summed E-state index contributed by atoms with van der Waals surface area (Å²) < 4.78 is 0. The van der Waals surface area contributed by atoms with Gasteiger partial charge < -0.3 is 10.3 Å². The Hall–Kier alpha value is -0.670. The van der Waals surface area contributed by atoms with Gasteiger partial charge in [0, 0.05) is 6.92 Å². The molecule has 0 amide bonds. The zero-order valence-electron chi connectivity index (χ0n) is 4.01. The van der Waals surface area contributed by atoms with Crippen LogP contribution in [0.3, 0.4) is 0 Å². The molecule has 1 N–H and O–H groups in total. The van der Waals surface area contributed by atoms with Gasteiger partial charge in [-0.3, -0.25) is 0 Å². The Bertz CT molecular complexity index is 128. The van der Waals surface area contributed by atoms with Gasteiger partial charge in [0.05, 0.1) is 6.20 Å². The Kier molecular flexibility index (Phi) is 0.923. The summed E-state index contributed by atoms with van der Waals surface area (Å²) in [6.45, 7) is 1.75. The van der Waals surface area contributed by atoms with Crippen LogP contribution >= 0.6 is 0 Å². The van der Waals surface area contributed by atoms with E-state index in [1.54, 1.807) is 13.1 Å².